The Labute approximate surface area is 303 Å². The van der Waals surface area contributed by atoms with Crippen molar-refractivity contribution in [3.05, 3.63) is 52.0 Å². The van der Waals surface area contributed by atoms with Crippen molar-refractivity contribution < 1.29 is 73.1 Å². The zero-order chi connectivity index (χ0) is 37.8. The van der Waals surface area contributed by atoms with Crippen LogP contribution in [0.4, 0.5) is 0 Å². The molecule has 0 bridgehead atoms. The van der Waals surface area contributed by atoms with Gasteiger partial charge in [0.25, 0.3) is 5.91 Å². The minimum atomic E-state index is -4.23. The monoisotopic (exact) mass is 762 g/mol. The lowest BCUT2D eigenvalue weighted by atomic mass is 9.54. The second-order valence-corrected chi connectivity index (χ2v) is 14.6. The number of aliphatic hydroxyl groups excluding tert-OH is 3. The highest BCUT2D eigenvalue weighted by Crippen LogP contribution is 2.56. The number of carbonyl (C=O) groups is 3. The zero-order valence-corrected chi connectivity index (χ0v) is 30.6. The minimum absolute atomic E-state index is 0. The molecule has 18 heteroatoms. The zero-order valence-electron chi connectivity index (χ0n) is 29.8. The molecule has 0 aromatic heterocycles. The highest BCUT2D eigenvalue weighted by molar-refractivity contribution is 7.80. The number of hydrogen-bond donors (Lipinski definition) is 8. The maximum Gasteiger partial charge on any atom is 0.397 e. The van der Waals surface area contributed by atoms with E-state index in [4.69, 9.17) is 10.3 Å². The summed E-state index contributed by atoms with van der Waals surface area (Å²) in [5.41, 5.74) is -1.88. The van der Waals surface area contributed by atoms with E-state index in [1.54, 1.807) is 0 Å². The van der Waals surface area contributed by atoms with Gasteiger partial charge in [0.2, 0.25) is 5.78 Å². The van der Waals surface area contributed by atoms with Gasteiger partial charge in [0, 0.05) is 0 Å². The highest BCUT2D eigenvalue weighted by Gasteiger charge is 2.69. The number of ketones is 2. The molecule has 3 aliphatic rings. The lowest BCUT2D eigenvalue weighted by Gasteiger charge is -2.55. The Kier molecular flexibility index (Phi) is 16.6. The topological polar surface area (TPSA) is 328 Å². The van der Waals surface area contributed by atoms with E-state index >= 15 is 0 Å². The number of hydrogen-bond acceptors (Lipinski definition) is 13. The Morgan fingerprint density at radius 2 is 1.46 bits per heavy atom. The minimum Gasteiger partial charge on any atom is -0.510 e. The summed E-state index contributed by atoms with van der Waals surface area (Å²) in [5.74, 6) is -9.66. The first kappa shape index (κ1) is 46.6. The van der Waals surface area contributed by atoms with E-state index in [1.165, 1.54) is 89.1 Å². The van der Waals surface area contributed by atoms with Gasteiger partial charge in [-0.1, -0.05) is 76.8 Å². The summed E-state index contributed by atoms with van der Waals surface area (Å²) in [6.07, 6.45) is 9.98. The molecule has 52 heavy (non-hydrogen) atoms. The first-order valence-corrected chi connectivity index (χ1v) is 18.1. The van der Waals surface area contributed by atoms with Crippen LogP contribution < -0.4 is 5.73 Å². The Hall–Kier alpha value is -3.46. The number of nitrogens with zero attached hydrogens (tertiary/aromatic N) is 1. The molecular weight excluding hydrogens is 708 g/mol. The maximum atomic E-state index is 13.3. The Morgan fingerprint density at radius 3 is 1.94 bits per heavy atom. The van der Waals surface area contributed by atoms with Crippen molar-refractivity contribution in [1.82, 2.24) is 4.90 Å². The van der Waals surface area contributed by atoms with Crippen molar-refractivity contribution in [3.8, 4) is 5.75 Å². The molecule has 13 N–H and O–H groups in total. The Bertz CT molecular complexity index is 1620. The lowest BCUT2D eigenvalue weighted by molar-refractivity contribution is -0.173. The van der Waals surface area contributed by atoms with Crippen LogP contribution in [-0.4, -0.2) is 115 Å². The van der Waals surface area contributed by atoms with Crippen LogP contribution in [0.3, 0.4) is 0 Å². The molecule has 1 aromatic rings. The predicted molar refractivity (Wildman–Crippen MR) is 188 cm³/mol. The van der Waals surface area contributed by atoms with E-state index in [9.17, 15) is 53.4 Å². The maximum absolute atomic E-state index is 13.3. The van der Waals surface area contributed by atoms with E-state index in [0.717, 1.165) is 12.8 Å². The Balaban J connectivity index is 0.000000611. The number of aliphatic hydroxyl groups is 5. The second-order valence-electron chi connectivity index (χ2n) is 13.5. The third-order valence-corrected chi connectivity index (χ3v) is 10.2. The number of phenols is 1. The number of likely N-dealkylation sites (N-methyl/N-ethyl adjacent to an activating group) is 1. The molecule has 296 valence electrons. The molecule has 4 rings (SSSR count). The van der Waals surface area contributed by atoms with Crippen molar-refractivity contribution in [1.29, 1.82) is 0 Å². The summed E-state index contributed by atoms with van der Waals surface area (Å²) in [7, 11) is -1.38. The number of carbonyl (C=O) groups excluding carboxylic acids is 3. The highest BCUT2D eigenvalue weighted by atomic mass is 32.3. The van der Waals surface area contributed by atoms with E-state index in [1.807, 2.05) is 0 Å². The van der Waals surface area contributed by atoms with Gasteiger partial charge >= 0.3 is 10.4 Å². The Morgan fingerprint density at radius 1 is 0.942 bits per heavy atom. The summed E-state index contributed by atoms with van der Waals surface area (Å²) < 4.78 is 33.0. The van der Waals surface area contributed by atoms with Crippen LogP contribution >= 0.6 is 0 Å². The third-order valence-electron chi connectivity index (χ3n) is 9.77. The summed E-state index contributed by atoms with van der Waals surface area (Å²) in [6.45, 7) is 3.56. The number of benzene rings is 1. The number of aromatic hydroxyl groups is 1. The number of phenolic OH excluding ortho intramolecular Hbond substituents is 1. The molecule has 3 aliphatic carbocycles. The lowest BCUT2D eigenvalue weighted by Crippen LogP contribution is -2.70. The fourth-order valence-corrected chi connectivity index (χ4v) is 7.69. The molecule has 0 unspecified atom stereocenters. The predicted octanol–water partition coefficient (Wildman–Crippen LogP) is 0.834. The normalized spacial score (nSPS) is 26.7. The van der Waals surface area contributed by atoms with Gasteiger partial charge in [0.15, 0.2) is 11.4 Å². The molecule has 0 heterocycles. The van der Waals surface area contributed by atoms with Crippen molar-refractivity contribution in [2.45, 2.75) is 101 Å². The van der Waals surface area contributed by atoms with Crippen LogP contribution in [0, 0.1) is 11.8 Å². The summed E-state index contributed by atoms with van der Waals surface area (Å²) >= 11 is 0. The average molecular weight is 763 g/mol. The molecule has 1 amide bonds. The number of Topliss-reactive ketones (excluding diaryl/α,β-unsaturated/α-hetero) is 2. The number of primary amides is 1. The van der Waals surface area contributed by atoms with Crippen molar-refractivity contribution in [3.63, 3.8) is 0 Å². The van der Waals surface area contributed by atoms with Gasteiger partial charge in [-0.15, -0.1) is 0 Å². The van der Waals surface area contributed by atoms with E-state index < -0.39 is 91.5 Å². The number of fused-ring (bicyclic) bond motifs is 3. The molecule has 0 saturated heterocycles. The van der Waals surface area contributed by atoms with Crippen LogP contribution in [0.25, 0.3) is 0 Å². The first-order chi connectivity index (χ1) is 23.3. The van der Waals surface area contributed by atoms with E-state index in [-0.39, 0.29) is 28.7 Å². The van der Waals surface area contributed by atoms with Gasteiger partial charge in [-0.2, -0.15) is 8.42 Å². The molecule has 0 aliphatic heterocycles. The number of nitrogens with two attached hydrogens (primary N) is 1. The summed E-state index contributed by atoms with van der Waals surface area (Å²) in [6, 6.07) is 2.54. The van der Waals surface area contributed by atoms with Gasteiger partial charge in [0.1, 0.15) is 22.8 Å². The molecule has 0 spiro atoms. The number of unbranched alkanes of at least 4 members (excludes halogenated alkanes) is 9. The standard InChI is InChI=1S/C22H24N2O9.C12H26O4S.2H2O/c1-21(32)7-5-4-6-8(25)9(7)15(26)10-12(21)17(28)13-14(24(2)3)16(27)11(20(23)31)19(30)22(13,33)18(10)29;1-2-3-4-5-6-7-8-9-10-11-12-16-17(13,14)15;;/h4-6,12-14,17,25,27-29,32-33H,1-3H3,(H2,23,31);2-12H2,1H3,(H,13,14,15);2*1H2/t12-,13-,14+,17+,21-,22+;;;/m1.../s1. The molecule has 1 aromatic carbocycles. The molecule has 0 saturated carbocycles. The van der Waals surface area contributed by atoms with E-state index in [0.29, 0.717) is 6.42 Å². The second kappa shape index (κ2) is 18.5. The molecule has 0 fully saturated rings. The van der Waals surface area contributed by atoms with Gasteiger partial charge in [-0.25, -0.2) is 4.18 Å². The SMILES string of the molecule is CCCCCCCCCCCCOS(=O)(=O)O.CN(C)[C@@H]1C(O)=C(C(N)=O)C(=O)[C@@]2(O)C(O)=C3C(=O)c4c(O)cccc4[C@@](C)(O)[C@H]3[C@H](O)[C@@H]12.O.O. The molecule has 17 nitrogen and oxygen atoms in total. The molecular formula is C34H54N2O15S. The fourth-order valence-electron chi connectivity index (χ4n) is 7.36. The first-order valence-electron chi connectivity index (χ1n) is 16.8. The average Bonchev–Trinajstić information content (AvgIpc) is 3.01. The smallest absolute Gasteiger partial charge is 0.397 e. The third kappa shape index (κ3) is 9.18. The number of rotatable bonds is 14. The van der Waals surface area contributed by atoms with Crippen LogP contribution in [0.1, 0.15) is 94.0 Å². The van der Waals surface area contributed by atoms with Crippen molar-refractivity contribution in [2.75, 3.05) is 20.7 Å². The van der Waals surface area contributed by atoms with Gasteiger partial charge in [-0.3, -0.25) is 23.8 Å². The van der Waals surface area contributed by atoms with Crippen LogP contribution in [0.15, 0.2) is 40.9 Å². The van der Waals surface area contributed by atoms with E-state index in [2.05, 4.69) is 11.1 Å². The fraction of sp³-hybridized carbons (Fsp3) is 0.618. The quantitative estimate of drug-likeness (QED) is 0.0740. The van der Waals surface area contributed by atoms with Gasteiger partial charge < -0.3 is 47.3 Å². The number of amides is 1. The largest absolute Gasteiger partial charge is 0.510 e. The van der Waals surface area contributed by atoms with Crippen molar-refractivity contribution >= 4 is 27.9 Å². The molecule has 6 atom stereocenters. The van der Waals surface area contributed by atoms with Gasteiger partial charge in [-0.05, 0) is 39.1 Å². The van der Waals surface area contributed by atoms with Crippen LogP contribution in [0.5, 0.6) is 5.75 Å². The van der Waals surface area contributed by atoms with Crippen LogP contribution in [-0.2, 0) is 29.8 Å². The van der Waals surface area contributed by atoms with Crippen LogP contribution in [0.2, 0.25) is 0 Å². The summed E-state index contributed by atoms with van der Waals surface area (Å²) in [4.78, 5) is 39.8. The molecule has 0 radical (unpaired) electrons. The summed E-state index contributed by atoms with van der Waals surface area (Å²) in [5, 5.41) is 66.5. The van der Waals surface area contributed by atoms with Crippen molar-refractivity contribution in [2.24, 2.45) is 17.6 Å². The van der Waals surface area contributed by atoms with Gasteiger partial charge in [0.05, 0.1) is 47.3 Å².